The number of amides is 1. The van der Waals surface area contributed by atoms with Crippen molar-refractivity contribution < 1.29 is 4.79 Å². The largest absolute Gasteiger partial charge is 0.384 e. The van der Waals surface area contributed by atoms with Gasteiger partial charge in [0.2, 0.25) is 5.91 Å². The maximum Gasteiger partial charge on any atom is 0.222 e. The van der Waals surface area contributed by atoms with Crippen molar-refractivity contribution in [3.05, 3.63) is 59.2 Å². The summed E-state index contributed by atoms with van der Waals surface area (Å²) in [6.45, 7) is 11.7. The summed E-state index contributed by atoms with van der Waals surface area (Å²) in [6, 6.07) is 14.6. The monoisotopic (exact) mass is 353 g/mol. The van der Waals surface area contributed by atoms with E-state index in [-0.39, 0.29) is 5.91 Å². The molecule has 0 unspecified atom stereocenters. The third kappa shape index (κ3) is 5.51. The predicted octanol–water partition coefficient (Wildman–Crippen LogP) is 4.27. The van der Waals surface area contributed by atoms with Crippen molar-refractivity contribution in [3.8, 4) is 0 Å². The lowest BCUT2D eigenvalue weighted by Crippen LogP contribution is -2.25. The molecule has 0 spiro atoms. The van der Waals surface area contributed by atoms with E-state index >= 15 is 0 Å². The van der Waals surface area contributed by atoms with Gasteiger partial charge in [0.05, 0.1) is 0 Å². The lowest BCUT2D eigenvalue weighted by Gasteiger charge is -2.22. The molecule has 0 atom stereocenters. The van der Waals surface area contributed by atoms with Crippen LogP contribution in [0.5, 0.6) is 0 Å². The van der Waals surface area contributed by atoms with Crippen LogP contribution in [0.15, 0.2) is 42.5 Å². The SMILES string of the molecule is CCN(CC)c1ccc(NCCC(=O)NCc2ccccc2C)c(C)c1. The summed E-state index contributed by atoms with van der Waals surface area (Å²) < 4.78 is 0. The maximum absolute atomic E-state index is 12.1. The first-order valence-corrected chi connectivity index (χ1v) is 9.45. The summed E-state index contributed by atoms with van der Waals surface area (Å²) in [5.74, 6) is 0.0677. The van der Waals surface area contributed by atoms with Crippen molar-refractivity contribution in [2.75, 3.05) is 29.9 Å². The Morgan fingerprint density at radius 2 is 1.73 bits per heavy atom. The van der Waals surface area contributed by atoms with E-state index in [1.807, 2.05) is 12.1 Å². The van der Waals surface area contributed by atoms with Crippen LogP contribution in [0, 0.1) is 13.8 Å². The second kappa shape index (κ2) is 9.85. The summed E-state index contributed by atoms with van der Waals surface area (Å²) in [4.78, 5) is 14.4. The van der Waals surface area contributed by atoms with Gasteiger partial charge in [-0.2, -0.15) is 0 Å². The quantitative estimate of drug-likeness (QED) is 0.708. The molecule has 4 nitrogen and oxygen atoms in total. The molecule has 0 heterocycles. The van der Waals surface area contributed by atoms with Gasteiger partial charge in [0.1, 0.15) is 0 Å². The number of hydrogen-bond donors (Lipinski definition) is 2. The topological polar surface area (TPSA) is 44.4 Å². The van der Waals surface area contributed by atoms with E-state index in [2.05, 4.69) is 73.6 Å². The minimum Gasteiger partial charge on any atom is -0.384 e. The van der Waals surface area contributed by atoms with E-state index in [9.17, 15) is 4.79 Å². The minimum absolute atomic E-state index is 0.0677. The number of anilines is 2. The van der Waals surface area contributed by atoms with Gasteiger partial charge in [0, 0.05) is 44.0 Å². The number of aryl methyl sites for hydroxylation is 2. The summed E-state index contributed by atoms with van der Waals surface area (Å²) in [6.07, 6.45) is 0.461. The molecule has 2 aromatic carbocycles. The van der Waals surface area contributed by atoms with Crippen molar-refractivity contribution in [3.63, 3.8) is 0 Å². The molecule has 0 saturated heterocycles. The second-order valence-corrected chi connectivity index (χ2v) is 6.55. The summed E-state index contributed by atoms with van der Waals surface area (Å²) >= 11 is 0. The van der Waals surface area contributed by atoms with Crippen molar-refractivity contribution in [2.24, 2.45) is 0 Å². The van der Waals surface area contributed by atoms with Gasteiger partial charge in [-0.15, -0.1) is 0 Å². The molecule has 2 aromatic rings. The van der Waals surface area contributed by atoms with E-state index in [0.29, 0.717) is 19.5 Å². The van der Waals surface area contributed by atoms with Gasteiger partial charge in [0.15, 0.2) is 0 Å². The molecular formula is C22H31N3O. The van der Waals surface area contributed by atoms with Crippen LogP contribution in [0.25, 0.3) is 0 Å². The zero-order valence-corrected chi connectivity index (χ0v) is 16.4. The lowest BCUT2D eigenvalue weighted by molar-refractivity contribution is -0.121. The molecule has 1 amide bonds. The Balaban J connectivity index is 1.80. The molecule has 0 aliphatic heterocycles. The van der Waals surface area contributed by atoms with Crippen LogP contribution in [-0.4, -0.2) is 25.5 Å². The van der Waals surface area contributed by atoms with Gasteiger partial charge in [-0.25, -0.2) is 0 Å². The van der Waals surface area contributed by atoms with Crippen LogP contribution < -0.4 is 15.5 Å². The summed E-state index contributed by atoms with van der Waals surface area (Å²) in [5.41, 5.74) is 5.91. The first-order valence-electron chi connectivity index (χ1n) is 9.45. The van der Waals surface area contributed by atoms with Crippen molar-refractivity contribution >= 4 is 17.3 Å². The van der Waals surface area contributed by atoms with Crippen LogP contribution in [-0.2, 0) is 11.3 Å². The zero-order valence-electron chi connectivity index (χ0n) is 16.4. The molecule has 0 fully saturated rings. The van der Waals surface area contributed by atoms with Crippen molar-refractivity contribution in [1.29, 1.82) is 0 Å². The fourth-order valence-corrected chi connectivity index (χ4v) is 3.03. The van der Waals surface area contributed by atoms with Gasteiger partial charge >= 0.3 is 0 Å². The molecule has 140 valence electrons. The maximum atomic E-state index is 12.1. The molecular weight excluding hydrogens is 322 g/mol. The number of nitrogens with one attached hydrogen (secondary N) is 2. The highest BCUT2D eigenvalue weighted by molar-refractivity contribution is 5.76. The molecule has 2 rings (SSSR count). The highest BCUT2D eigenvalue weighted by Gasteiger charge is 2.06. The number of benzene rings is 2. The van der Waals surface area contributed by atoms with Gasteiger partial charge < -0.3 is 15.5 Å². The fraction of sp³-hybridized carbons (Fsp3) is 0.409. The van der Waals surface area contributed by atoms with Crippen LogP contribution in [0.1, 0.15) is 37.0 Å². The average molecular weight is 354 g/mol. The molecule has 4 heteroatoms. The highest BCUT2D eigenvalue weighted by atomic mass is 16.1. The molecule has 0 aromatic heterocycles. The molecule has 2 N–H and O–H groups in total. The van der Waals surface area contributed by atoms with E-state index in [0.717, 1.165) is 24.3 Å². The number of rotatable bonds is 9. The zero-order chi connectivity index (χ0) is 18.9. The Bertz CT molecular complexity index is 723. The Morgan fingerprint density at radius 3 is 2.38 bits per heavy atom. The van der Waals surface area contributed by atoms with Crippen molar-refractivity contribution in [2.45, 2.75) is 40.7 Å². The van der Waals surface area contributed by atoms with E-state index < -0.39 is 0 Å². The van der Waals surface area contributed by atoms with Crippen LogP contribution in [0.2, 0.25) is 0 Å². The Hall–Kier alpha value is -2.49. The van der Waals surface area contributed by atoms with E-state index in [1.54, 1.807) is 0 Å². The van der Waals surface area contributed by atoms with E-state index in [1.165, 1.54) is 16.8 Å². The number of carbonyl (C=O) groups is 1. The first kappa shape index (κ1) is 19.8. The molecule has 0 aliphatic rings. The average Bonchev–Trinajstić information content (AvgIpc) is 2.64. The number of nitrogens with zero attached hydrogens (tertiary/aromatic N) is 1. The molecule has 26 heavy (non-hydrogen) atoms. The third-order valence-electron chi connectivity index (χ3n) is 4.74. The lowest BCUT2D eigenvalue weighted by atomic mass is 10.1. The smallest absolute Gasteiger partial charge is 0.222 e. The molecule has 0 aliphatic carbocycles. The Kier molecular flexibility index (Phi) is 7.52. The summed E-state index contributed by atoms with van der Waals surface area (Å²) in [7, 11) is 0. The predicted molar refractivity (Wildman–Crippen MR) is 111 cm³/mol. The van der Waals surface area contributed by atoms with E-state index in [4.69, 9.17) is 0 Å². The second-order valence-electron chi connectivity index (χ2n) is 6.55. The summed E-state index contributed by atoms with van der Waals surface area (Å²) in [5, 5.41) is 6.37. The fourth-order valence-electron chi connectivity index (χ4n) is 3.03. The van der Waals surface area contributed by atoms with Gasteiger partial charge in [-0.05, 0) is 62.6 Å². The normalized spacial score (nSPS) is 10.5. The molecule has 0 saturated carbocycles. The minimum atomic E-state index is 0.0677. The molecule has 0 bridgehead atoms. The standard InChI is InChI=1S/C22H31N3O/c1-5-25(6-2)20-11-12-21(18(4)15-20)23-14-13-22(26)24-16-19-10-8-7-9-17(19)3/h7-12,15,23H,5-6,13-14,16H2,1-4H3,(H,24,26). The first-order chi connectivity index (χ1) is 12.5. The van der Waals surface area contributed by atoms with Crippen LogP contribution in [0.3, 0.4) is 0 Å². The Morgan fingerprint density at radius 1 is 1.00 bits per heavy atom. The highest BCUT2D eigenvalue weighted by Crippen LogP contribution is 2.22. The number of hydrogen-bond acceptors (Lipinski definition) is 3. The van der Waals surface area contributed by atoms with Crippen molar-refractivity contribution in [1.82, 2.24) is 5.32 Å². The third-order valence-corrected chi connectivity index (χ3v) is 4.74. The van der Waals surface area contributed by atoms with Crippen LogP contribution in [0.4, 0.5) is 11.4 Å². The van der Waals surface area contributed by atoms with Crippen LogP contribution >= 0.6 is 0 Å². The van der Waals surface area contributed by atoms with Gasteiger partial charge in [-0.1, -0.05) is 24.3 Å². The number of carbonyl (C=O) groups excluding carboxylic acids is 1. The molecule has 0 radical (unpaired) electrons. The van der Waals surface area contributed by atoms with Gasteiger partial charge in [0.25, 0.3) is 0 Å². The van der Waals surface area contributed by atoms with Gasteiger partial charge in [-0.3, -0.25) is 4.79 Å². The Labute approximate surface area is 157 Å².